The Balaban J connectivity index is 2.18. The van der Waals surface area contributed by atoms with E-state index in [1.165, 1.54) is 4.90 Å². The van der Waals surface area contributed by atoms with Crippen LogP contribution in [0.2, 0.25) is 0 Å². The lowest BCUT2D eigenvalue weighted by atomic mass is 10.0. The molecule has 0 spiro atoms. The molecule has 20 heavy (non-hydrogen) atoms. The van der Waals surface area contributed by atoms with Crippen LogP contribution in [0.15, 0.2) is 24.3 Å². The van der Waals surface area contributed by atoms with E-state index in [2.05, 4.69) is 0 Å². The van der Waals surface area contributed by atoms with Gasteiger partial charge in [0.05, 0.1) is 13.7 Å². The summed E-state index contributed by atoms with van der Waals surface area (Å²) in [6, 6.07) is 6.64. The van der Waals surface area contributed by atoms with E-state index in [4.69, 9.17) is 10.5 Å². The van der Waals surface area contributed by atoms with Crippen molar-refractivity contribution in [2.75, 3.05) is 20.2 Å². The minimum Gasteiger partial charge on any atom is -0.497 e. The second-order valence-electron chi connectivity index (χ2n) is 5.04. The molecule has 2 rings (SSSR count). The third kappa shape index (κ3) is 3.86. The fourth-order valence-corrected chi connectivity index (χ4v) is 2.40. The van der Waals surface area contributed by atoms with Crippen molar-refractivity contribution < 1.29 is 17.9 Å². The number of methoxy groups -OCH3 is 1. The summed E-state index contributed by atoms with van der Waals surface area (Å²) in [5.74, 6) is 0.679. The number of benzene rings is 1. The summed E-state index contributed by atoms with van der Waals surface area (Å²) < 4.78 is 43.2. The molecule has 3 nitrogen and oxygen atoms in total. The van der Waals surface area contributed by atoms with Crippen LogP contribution in [0.4, 0.5) is 13.2 Å². The van der Waals surface area contributed by atoms with Crippen LogP contribution in [-0.2, 0) is 0 Å². The summed E-state index contributed by atoms with van der Waals surface area (Å²) in [4.78, 5) is 1.47. The maximum absolute atomic E-state index is 12.7. The standard InChI is InChI=1S/C14H19F3N2O/c1-20-12-6-2-10(3-7-12)13(8-18)19(11-4-5-11)9-14(15,16)17/h2-3,6-7,11,13H,4-5,8-9,18H2,1H3. The van der Waals surface area contributed by atoms with Crippen LogP contribution < -0.4 is 10.5 Å². The smallest absolute Gasteiger partial charge is 0.401 e. The van der Waals surface area contributed by atoms with Crippen LogP contribution in [0.3, 0.4) is 0 Å². The first kappa shape index (κ1) is 15.1. The summed E-state index contributed by atoms with van der Waals surface area (Å²) in [6.07, 6.45) is -2.59. The lowest BCUT2D eigenvalue weighted by molar-refractivity contribution is -0.152. The van der Waals surface area contributed by atoms with Crippen LogP contribution >= 0.6 is 0 Å². The Kier molecular flexibility index (Phi) is 4.55. The quantitative estimate of drug-likeness (QED) is 0.874. The molecule has 0 aromatic heterocycles. The van der Waals surface area contributed by atoms with Crippen molar-refractivity contribution in [3.63, 3.8) is 0 Å². The maximum Gasteiger partial charge on any atom is 0.401 e. The molecule has 112 valence electrons. The van der Waals surface area contributed by atoms with Crippen LogP contribution in [0.25, 0.3) is 0 Å². The normalized spacial score (nSPS) is 17.3. The lowest BCUT2D eigenvalue weighted by Crippen LogP contribution is -2.41. The zero-order valence-corrected chi connectivity index (χ0v) is 11.4. The van der Waals surface area contributed by atoms with Crippen molar-refractivity contribution in [3.05, 3.63) is 29.8 Å². The molecule has 0 heterocycles. The Hall–Kier alpha value is -1.27. The minimum atomic E-state index is -4.21. The van der Waals surface area contributed by atoms with Gasteiger partial charge >= 0.3 is 6.18 Å². The summed E-state index contributed by atoms with van der Waals surface area (Å²) in [5, 5.41) is 0. The molecular weight excluding hydrogens is 269 g/mol. The molecule has 0 saturated heterocycles. The number of nitrogens with zero attached hydrogens (tertiary/aromatic N) is 1. The highest BCUT2D eigenvalue weighted by Gasteiger charge is 2.41. The number of ether oxygens (including phenoxy) is 1. The van der Waals surface area contributed by atoms with Crippen molar-refractivity contribution in [2.45, 2.75) is 31.1 Å². The van der Waals surface area contributed by atoms with Gasteiger partial charge in [-0.3, -0.25) is 4.90 Å². The van der Waals surface area contributed by atoms with Crippen molar-refractivity contribution in [3.8, 4) is 5.75 Å². The van der Waals surface area contributed by atoms with E-state index in [1.807, 2.05) is 0 Å². The van der Waals surface area contributed by atoms with Gasteiger partial charge < -0.3 is 10.5 Å². The largest absolute Gasteiger partial charge is 0.497 e. The van der Waals surface area contributed by atoms with E-state index < -0.39 is 18.8 Å². The molecule has 1 aliphatic rings. The summed E-state index contributed by atoms with van der Waals surface area (Å²) in [7, 11) is 1.55. The molecule has 0 radical (unpaired) electrons. The average molecular weight is 288 g/mol. The fraction of sp³-hybridized carbons (Fsp3) is 0.571. The number of nitrogens with two attached hydrogens (primary N) is 1. The van der Waals surface area contributed by atoms with Gasteiger partial charge in [0.15, 0.2) is 0 Å². The van der Waals surface area contributed by atoms with E-state index in [0.717, 1.165) is 18.4 Å². The number of hydrogen-bond acceptors (Lipinski definition) is 3. The molecule has 1 saturated carbocycles. The predicted octanol–water partition coefficient (Wildman–Crippen LogP) is 2.72. The highest BCUT2D eigenvalue weighted by molar-refractivity contribution is 5.29. The SMILES string of the molecule is COc1ccc(C(CN)N(CC(F)(F)F)C2CC2)cc1. The van der Waals surface area contributed by atoms with Crippen molar-refractivity contribution >= 4 is 0 Å². The van der Waals surface area contributed by atoms with Gasteiger partial charge in [0.1, 0.15) is 5.75 Å². The second-order valence-corrected chi connectivity index (χ2v) is 5.04. The maximum atomic E-state index is 12.7. The molecule has 1 aromatic rings. The average Bonchev–Trinajstić information content (AvgIpc) is 3.22. The molecule has 1 fully saturated rings. The monoisotopic (exact) mass is 288 g/mol. The second kappa shape index (κ2) is 6.01. The number of halogens is 3. The molecule has 0 aliphatic heterocycles. The predicted molar refractivity (Wildman–Crippen MR) is 70.6 cm³/mol. The molecular formula is C14H19F3N2O. The van der Waals surface area contributed by atoms with Gasteiger partial charge in [-0.25, -0.2) is 0 Å². The Bertz CT molecular complexity index is 429. The van der Waals surface area contributed by atoms with E-state index in [9.17, 15) is 13.2 Å². The highest BCUT2D eigenvalue weighted by Crippen LogP contribution is 2.36. The molecule has 6 heteroatoms. The molecule has 0 amide bonds. The van der Waals surface area contributed by atoms with Gasteiger partial charge in [0.2, 0.25) is 0 Å². The van der Waals surface area contributed by atoms with Gasteiger partial charge in [-0.1, -0.05) is 12.1 Å². The number of rotatable bonds is 6. The number of hydrogen-bond donors (Lipinski definition) is 1. The Morgan fingerprint density at radius 3 is 2.30 bits per heavy atom. The van der Waals surface area contributed by atoms with E-state index in [-0.39, 0.29) is 12.6 Å². The van der Waals surface area contributed by atoms with Gasteiger partial charge in [0.25, 0.3) is 0 Å². The van der Waals surface area contributed by atoms with Crippen LogP contribution in [0.1, 0.15) is 24.4 Å². The first-order chi connectivity index (χ1) is 9.44. The third-order valence-electron chi connectivity index (χ3n) is 3.50. The van der Waals surface area contributed by atoms with Crippen molar-refractivity contribution in [2.24, 2.45) is 5.73 Å². The summed E-state index contributed by atoms with van der Waals surface area (Å²) >= 11 is 0. The summed E-state index contributed by atoms with van der Waals surface area (Å²) in [6.45, 7) is -0.746. The Morgan fingerprint density at radius 2 is 1.90 bits per heavy atom. The third-order valence-corrected chi connectivity index (χ3v) is 3.50. The van der Waals surface area contributed by atoms with E-state index >= 15 is 0 Å². The zero-order valence-electron chi connectivity index (χ0n) is 11.4. The first-order valence-corrected chi connectivity index (χ1v) is 6.61. The van der Waals surface area contributed by atoms with Gasteiger partial charge in [-0.15, -0.1) is 0 Å². The van der Waals surface area contributed by atoms with Crippen LogP contribution in [0.5, 0.6) is 5.75 Å². The van der Waals surface area contributed by atoms with Crippen molar-refractivity contribution in [1.82, 2.24) is 4.90 Å². The fourth-order valence-electron chi connectivity index (χ4n) is 2.40. The molecule has 1 atom stereocenters. The molecule has 0 bridgehead atoms. The van der Waals surface area contributed by atoms with E-state index in [1.54, 1.807) is 31.4 Å². The zero-order chi connectivity index (χ0) is 14.8. The topological polar surface area (TPSA) is 38.5 Å². The molecule has 1 aromatic carbocycles. The van der Waals surface area contributed by atoms with Crippen LogP contribution in [0, 0.1) is 0 Å². The Morgan fingerprint density at radius 1 is 1.30 bits per heavy atom. The van der Waals surface area contributed by atoms with Gasteiger partial charge in [-0.05, 0) is 30.5 Å². The molecule has 1 unspecified atom stereocenters. The lowest BCUT2D eigenvalue weighted by Gasteiger charge is -2.32. The van der Waals surface area contributed by atoms with Crippen molar-refractivity contribution in [1.29, 1.82) is 0 Å². The van der Waals surface area contributed by atoms with E-state index in [0.29, 0.717) is 5.75 Å². The highest BCUT2D eigenvalue weighted by atomic mass is 19.4. The number of alkyl halides is 3. The Labute approximate surface area is 116 Å². The molecule has 1 aliphatic carbocycles. The van der Waals surface area contributed by atoms with Crippen LogP contribution in [-0.4, -0.2) is 37.3 Å². The first-order valence-electron chi connectivity index (χ1n) is 6.61. The minimum absolute atomic E-state index is 0.00715. The van der Waals surface area contributed by atoms with Gasteiger partial charge in [0, 0.05) is 18.6 Å². The molecule has 2 N–H and O–H groups in total. The summed E-state index contributed by atoms with van der Waals surface area (Å²) in [5.41, 5.74) is 6.52. The van der Waals surface area contributed by atoms with Gasteiger partial charge in [-0.2, -0.15) is 13.2 Å².